The zero-order chi connectivity index (χ0) is 10.6. The fourth-order valence-electron chi connectivity index (χ4n) is 2.80. The van der Waals surface area contributed by atoms with Crippen LogP contribution < -0.4 is 0 Å². The fraction of sp³-hybridized carbons (Fsp3) is 1.00. The SMILES string of the molecule is CC(C)CC1(CC(C)C)CCCCO1. The third kappa shape index (κ3) is 3.61. The van der Waals surface area contributed by atoms with E-state index >= 15 is 0 Å². The van der Waals surface area contributed by atoms with Gasteiger partial charge >= 0.3 is 0 Å². The summed E-state index contributed by atoms with van der Waals surface area (Å²) in [4.78, 5) is 0. The Morgan fingerprint density at radius 1 is 1.00 bits per heavy atom. The molecule has 0 unspecified atom stereocenters. The summed E-state index contributed by atoms with van der Waals surface area (Å²) in [5.74, 6) is 1.51. The van der Waals surface area contributed by atoms with E-state index in [0.29, 0.717) is 0 Å². The van der Waals surface area contributed by atoms with Crippen molar-refractivity contribution in [2.24, 2.45) is 11.8 Å². The first-order valence-corrected chi connectivity index (χ1v) is 6.18. The Morgan fingerprint density at radius 3 is 1.93 bits per heavy atom. The Labute approximate surface area is 89.2 Å². The molecule has 0 aliphatic carbocycles. The molecule has 1 saturated heterocycles. The van der Waals surface area contributed by atoms with Crippen LogP contribution in [-0.4, -0.2) is 12.2 Å². The lowest BCUT2D eigenvalue weighted by atomic mass is 9.80. The highest BCUT2D eigenvalue weighted by molar-refractivity contribution is 4.85. The van der Waals surface area contributed by atoms with E-state index in [9.17, 15) is 0 Å². The smallest absolute Gasteiger partial charge is 0.0687 e. The predicted octanol–water partition coefficient (Wildman–Crippen LogP) is 4.02. The molecule has 0 atom stereocenters. The van der Waals surface area contributed by atoms with E-state index in [2.05, 4.69) is 27.7 Å². The van der Waals surface area contributed by atoms with Crippen molar-refractivity contribution in [1.82, 2.24) is 0 Å². The zero-order valence-electron chi connectivity index (χ0n) is 10.3. The van der Waals surface area contributed by atoms with Gasteiger partial charge in [-0.1, -0.05) is 27.7 Å². The fourth-order valence-corrected chi connectivity index (χ4v) is 2.80. The van der Waals surface area contributed by atoms with E-state index in [0.717, 1.165) is 18.4 Å². The van der Waals surface area contributed by atoms with Crippen molar-refractivity contribution in [3.8, 4) is 0 Å². The third-order valence-electron chi connectivity index (χ3n) is 3.00. The van der Waals surface area contributed by atoms with Crippen LogP contribution in [0.1, 0.15) is 59.8 Å². The van der Waals surface area contributed by atoms with Crippen molar-refractivity contribution in [2.75, 3.05) is 6.61 Å². The molecule has 0 radical (unpaired) electrons. The van der Waals surface area contributed by atoms with E-state index in [-0.39, 0.29) is 5.60 Å². The van der Waals surface area contributed by atoms with Crippen LogP contribution in [-0.2, 0) is 4.74 Å². The molecule has 0 bridgehead atoms. The van der Waals surface area contributed by atoms with Crippen molar-refractivity contribution in [1.29, 1.82) is 0 Å². The van der Waals surface area contributed by atoms with Crippen molar-refractivity contribution >= 4 is 0 Å². The average Bonchev–Trinajstić information content (AvgIpc) is 2.01. The average molecular weight is 198 g/mol. The molecule has 0 spiro atoms. The van der Waals surface area contributed by atoms with Crippen LogP contribution in [0.25, 0.3) is 0 Å². The first-order valence-electron chi connectivity index (χ1n) is 6.18. The normalized spacial score (nSPS) is 21.9. The standard InChI is InChI=1S/C13H26O/c1-11(2)9-13(10-12(3)4)7-5-6-8-14-13/h11-12H,5-10H2,1-4H3. The first kappa shape index (κ1) is 12.0. The van der Waals surface area contributed by atoms with Crippen LogP contribution in [0.5, 0.6) is 0 Å². The third-order valence-corrected chi connectivity index (χ3v) is 3.00. The molecule has 0 aromatic carbocycles. The minimum absolute atomic E-state index is 0.223. The van der Waals surface area contributed by atoms with Gasteiger partial charge in [0.15, 0.2) is 0 Å². The molecular weight excluding hydrogens is 172 g/mol. The summed E-state index contributed by atoms with van der Waals surface area (Å²) in [6, 6.07) is 0. The van der Waals surface area contributed by atoms with Crippen molar-refractivity contribution in [2.45, 2.75) is 65.4 Å². The zero-order valence-corrected chi connectivity index (χ0v) is 10.3. The minimum Gasteiger partial charge on any atom is -0.375 e. The first-order chi connectivity index (χ1) is 6.54. The van der Waals surface area contributed by atoms with Gasteiger partial charge in [-0.2, -0.15) is 0 Å². The lowest BCUT2D eigenvalue weighted by Gasteiger charge is -2.40. The lowest BCUT2D eigenvalue weighted by molar-refractivity contribution is -0.102. The number of hydrogen-bond acceptors (Lipinski definition) is 1. The molecule has 1 nitrogen and oxygen atoms in total. The largest absolute Gasteiger partial charge is 0.375 e. The Hall–Kier alpha value is -0.0400. The molecule has 0 saturated carbocycles. The molecule has 0 amide bonds. The Balaban J connectivity index is 2.57. The van der Waals surface area contributed by atoms with Crippen molar-refractivity contribution < 1.29 is 4.74 Å². The van der Waals surface area contributed by atoms with Gasteiger partial charge in [0.25, 0.3) is 0 Å². The molecular formula is C13H26O. The molecule has 84 valence electrons. The molecule has 1 heteroatoms. The summed E-state index contributed by atoms with van der Waals surface area (Å²) in [6.07, 6.45) is 6.39. The second kappa shape index (κ2) is 5.16. The number of rotatable bonds is 4. The Bertz CT molecular complexity index is 143. The van der Waals surface area contributed by atoms with Gasteiger partial charge in [-0.3, -0.25) is 0 Å². The highest BCUT2D eigenvalue weighted by atomic mass is 16.5. The molecule has 1 rings (SSSR count). The summed E-state index contributed by atoms with van der Waals surface area (Å²) in [7, 11) is 0. The van der Waals surface area contributed by atoms with E-state index < -0.39 is 0 Å². The van der Waals surface area contributed by atoms with Gasteiger partial charge in [0.05, 0.1) is 5.60 Å². The van der Waals surface area contributed by atoms with Crippen LogP contribution in [0.15, 0.2) is 0 Å². The second-order valence-corrected chi connectivity index (χ2v) is 5.68. The molecule has 0 N–H and O–H groups in total. The lowest BCUT2D eigenvalue weighted by Crippen LogP contribution is -2.38. The van der Waals surface area contributed by atoms with Crippen molar-refractivity contribution in [3.63, 3.8) is 0 Å². The summed E-state index contributed by atoms with van der Waals surface area (Å²) >= 11 is 0. The van der Waals surface area contributed by atoms with E-state index in [1.54, 1.807) is 0 Å². The highest BCUT2D eigenvalue weighted by Crippen LogP contribution is 2.36. The summed E-state index contributed by atoms with van der Waals surface area (Å²) < 4.78 is 6.09. The van der Waals surface area contributed by atoms with Gasteiger partial charge < -0.3 is 4.74 Å². The van der Waals surface area contributed by atoms with Gasteiger partial charge in [0, 0.05) is 6.61 Å². The van der Waals surface area contributed by atoms with Gasteiger partial charge in [-0.05, 0) is 43.9 Å². The monoisotopic (exact) mass is 198 g/mol. The van der Waals surface area contributed by atoms with E-state index in [1.807, 2.05) is 0 Å². The molecule has 1 aliphatic rings. The summed E-state index contributed by atoms with van der Waals surface area (Å²) in [6.45, 7) is 10.2. The Morgan fingerprint density at radius 2 is 1.57 bits per heavy atom. The molecule has 14 heavy (non-hydrogen) atoms. The highest BCUT2D eigenvalue weighted by Gasteiger charge is 2.34. The van der Waals surface area contributed by atoms with E-state index in [1.165, 1.54) is 32.1 Å². The quantitative estimate of drug-likeness (QED) is 0.663. The second-order valence-electron chi connectivity index (χ2n) is 5.68. The van der Waals surface area contributed by atoms with Crippen LogP contribution >= 0.6 is 0 Å². The van der Waals surface area contributed by atoms with Gasteiger partial charge in [0.1, 0.15) is 0 Å². The summed E-state index contributed by atoms with van der Waals surface area (Å²) in [5, 5.41) is 0. The van der Waals surface area contributed by atoms with Gasteiger partial charge in [-0.25, -0.2) is 0 Å². The van der Waals surface area contributed by atoms with E-state index in [4.69, 9.17) is 4.74 Å². The minimum atomic E-state index is 0.223. The maximum atomic E-state index is 6.09. The topological polar surface area (TPSA) is 9.23 Å². The Kier molecular flexibility index (Phi) is 4.43. The van der Waals surface area contributed by atoms with Crippen LogP contribution in [0.4, 0.5) is 0 Å². The predicted molar refractivity (Wildman–Crippen MR) is 61.4 cm³/mol. The van der Waals surface area contributed by atoms with Gasteiger partial charge in [0.2, 0.25) is 0 Å². The van der Waals surface area contributed by atoms with Gasteiger partial charge in [-0.15, -0.1) is 0 Å². The number of hydrogen-bond donors (Lipinski definition) is 0. The molecule has 0 aromatic rings. The van der Waals surface area contributed by atoms with Crippen LogP contribution in [0, 0.1) is 11.8 Å². The van der Waals surface area contributed by atoms with Crippen molar-refractivity contribution in [3.05, 3.63) is 0 Å². The molecule has 1 aliphatic heterocycles. The molecule has 1 fully saturated rings. The maximum Gasteiger partial charge on any atom is 0.0687 e. The molecule has 1 heterocycles. The number of ether oxygens (including phenoxy) is 1. The maximum absolute atomic E-state index is 6.09. The molecule has 0 aromatic heterocycles. The summed E-state index contributed by atoms with van der Waals surface area (Å²) in [5.41, 5.74) is 0.223. The van der Waals surface area contributed by atoms with Crippen LogP contribution in [0.3, 0.4) is 0 Å². The van der Waals surface area contributed by atoms with Crippen LogP contribution in [0.2, 0.25) is 0 Å².